The maximum Gasteiger partial charge on any atom is 0.336 e. The molecule has 0 fully saturated rings. The van der Waals surface area contributed by atoms with E-state index in [0.717, 1.165) is 23.1 Å². The number of carboxylic acid groups (broad SMARTS) is 1. The summed E-state index contributed by atoms with van der Waals surface area (Å²) in [5.41, 5.74) is 5.98. The Morgan fingerprint density at radius 3 is 2.33 bits per heavy atom. The Morgan fingerprint density at radius 1 is 1.04 bits per heavy atom. The smallest absolute Gasteiger partial charge is 0.336 e. The number of hydrogen-bond acceptors (Lipinski definition) is 3. The summed E-state index contributed by atoms with van der Waals surface area (Å²) in [5.74, 6) is -0.997. The van der Waals surface area contributed by atoms with Crippen LogP contribution in [0, 0.1) is 6.92 Å². The van der Waals surface area contributed by atoms with Crippen molar-refractivity contribution < 1.29 is 9.90 Å². The zero-order chi connectivity index (χ0) is 19.0. The number of rotatable bonds is 4. The van der Waals surface area contributed by atoms with Crippen LogP contribution in [0.25, 0.3) is 33.5 Å². The van der Waals surface area contributed by atoms with Crippen molar-refractivity contribution in [3.8, 4) is 22.5 Å². The average molecular weight is 357 g/mol. The molecule has 0 spiro atoms. The van der Waals surface area contributed by atoms with Crippen molar-refractivity contribution in [1.82, 2.24) is 15.2 Å². The number of carboxylic acids is 1. The van der Waals surface area contributed by atoms with Crippen LogP contribution in [0.1, 0.15) is 28.4 Å². The predicted molar refractivity (Wildman–Crippen MR) is 106 cm³/mol. The number of nitrogens with zero attached hydrogens (tertiary/aromatic N) is 2. The van der Waals surface area contributed by atoms with Gasteiger partial charge in [-0.1, -0.05) is 61.0 Å². The summed E-state index contributed by atoms with van der Waals surface area (Å²) in [6, 6.07) is 17.5. The highest BCUT2D eigenvalue weighted by Gasteiger charge is 2.19. The van der Waals surface area contributed by atoms with Gasteiger partial charge >= 0.3 is 5.97 Å². The average Bonchev–Trinajstić information content (AvgIpc) is 3.11. The third-order valence-corrected chi connectivity index (χ3v) is 4.75. The summed E-state index contributed by atoms with van der Waals surface area (Å²) in [6.07, 6.45) is 0.950. The number of aromatic carboxylic acids is 1. The molecule has 0 aliphatic carbocycles. The summed E-state index contributed by atoms with van der Waals surface area (Å²) in [5, 5.41) is 17.6. The van der Waals surface area contributed by atoms with Gasteiger partial charge in [0.2, 0.25) is 0 Å². The minimum absolute atomic E-state index is 0.193. The molecule has 4 rings (SSSR count). The molecule has 2 aromatic carbocycles. The third-order valence-electron chi connectivity index (χ3n) is 4.75. The first-order chi connectivity index (χ1) is 13.1. The minimum Gasteiger partial charge on any atom is -0.478 e. The predicted octanol–water partition coefficient (Wildman–Crippen LogP) is 4.86. The number of H-pyrrole nitrogens is 1. The van der Waals surface area contributed by atoms with Gasteiger partial charge in [0, 0.05) is 11.1 Å². The summed E-state index contributed by atoms with van der Waals surface area (Å²) in [6.45, 7) is 4.10. The number of benzene rings is 2. The van der Waals surface area contributed by atoms with Gasteiger partial charge in [0.15, 0.2) is 5.65 Å². The second-order valence-corrected chi connectivity index (χ2v) is 6.57. The molecule has 0 bridgehead atoms. The van der Waals surface area contributed by atoms with Crippen LogP contribution in [0.5, 0.6) is 0 Å². The van der Waals surface area contributed by atoms with E-state index in [-0.39, 0.29) is 5.56 Å². The van der Waals surface area contributed by atoms with Gasteiger partial charge in [0.25, 0.3) is 0 Å². The number of pyridine rings is 1. The molecule has 0 aliphatic heterocycles. The van der Waals surface area contributed by atoms with E-state index in [2.05, 4.69) is 22.1 Å². The van der Waals surface area contributed by atoms with Crippen molar-refractivity contribution in [2.75, 3.05) is 0 Å². The van der Waals surface area contributed by atoms with Gasteiger partial charge in [-0.15, -0.1) is 0 Å². The van der Waals surface area contributed by atoms with E-state index >= 15 is 0 Å². The molecule has 0 amide bonds. The molecule has 134 valence electrons. The van der Waals surface area contributed by atoms with E-state index in [9.17, 15) is 9.90 Å². The van der Waals surface area contributed by atoms with E-state index in [4.69, 9.17) is 0 Å². The number of fused-ring (bicyclic) bond motifs is 1. The molecule has 0 atom stereocenters. The first-order valence-corrected chi connectivity index (χ1v) is 8.85. The fourth-order valence-electron chi connectivity index (χ4n) is 3.18. The Hall–Kier alpha value is -3.47. The van der Waals surface area contributed by atoms with Crippen LogP contribution in [0.15, 0.2) is 54.6 Å². The van der Waals surface area contributed by atoms with Crippen LogP contribution in [-0.4, -0.2) is 26.3 Å². The highest BCUT2D eigenvalue weighted by molar-refractivity contribution is 6.08. The van der Waals surface area contributed by atoms with Gasteiger partial charge in [0.05, 0.1) is 22.3 Å². The van der Waals surface area contributed by atoms with E-state index in [1.54, 1.807) is 6.07 Å². The van der Waals surface area contributed by atoms with Crippen LogP contribution in [0.4, 0.5) is 0 Å². The van der Waals surface area contributed by atoms with E-state index in [0.29, 0.717) is 22.4 Å². The highest BCUT2D eigenvalue weighted by atomic mass is 16.4. The molecule has 0 saturated heterocycles. The van der Waals surface area contributed by atoms with Gasteiger partial charge in [-0.05, 0) is 25.0 Å². The first-order valence-electron chi connectivity index (χ1n) is 8.85. The van der Waals surface area contributed by atoms with Crippen molar-refractivity contribution >= 4 is 17.0 Å². The van der Waals surface area contributed by atoms with Gasteiger partial charge in [-0.2, -0.15) is 5.10 Å². The Balaban J connectivity index is 1.91. The lowest BCUT2D eigenvalue weighted by atomic mass is 10.0. The molecule has 2 heterocycles. The van der Waals surface area contributed by atoms with Crippen LogP contribution in [0.2, 0.25) is 0 Å². The van der Waals surface area contributed by atoms with Crippen LogP contribution >= 0.6 is 0 Å². The third kappa shape index (κ3) is 3.08. The van der Waals surface area contributed by atoms with Gasteiger partial charge in [-0.25, -0.2) is 9.78 Å². The SMILES string of the molecule is CCc1ccc(-c2[nH]nc3nc(-c4ccc(C)cc4)cc(C(=O)O)c23)cc1. The number of aromatic nitrogens is 3. The largest absolute Gasteiger partial charge is 0.478 e. The summed E-state index contributed by atoms with van der Waals surface area (Å²) in [7, 11) is 0. The molecule has 4 aromatic rings. The topological polar surface area (TPSA) is 78.9 Å². The Kier molecular flexibility index (Phi) is 4.20. The Morgan fingerprint density at radius 2 is 1.70 bits per heavy atom. The maximum atomic E-state index is 12.0. The van der Waals surface area contributed by atoms with Gasteiger partial charge in [0.1, 0.15) is 0 Å². The molecule has 2 N–H and O–H groups in total. The van der Waals surface area contributed by atoms with Crippen molar-refractivity contribution in [3.05, 3.63) is 71.3 Å². The number of aromatic amines is 1. The Bertz CT molecular complexity index is 1130. The molecular weight excluding hydrogens is 338 g/mol. The zero-order valence-corrected chi connectivity index (χ0v) is 15.2. The van der Waals surface area contributed by atoms with Crippen LogP contribution in [-0.2, 0) is 6.42 Å². The molecule has 0 aliphatic rings. The lowest BCUT2D eigenvalue weighted by Crippen LogP contribution is -2.00. The molecule has 0 unspecified atom stereocenters. The second kappa shape index (κ2) is 6.68. The summed E-state index contributed by atoms with van der Waals surface area (Å²) >= 11 is 0. The fourth-order valence-corrected chi connectivity index (χ4v) is 3.18. The minimum atomic E-state index is -0.997. The monoisotopic (exact) mass is 357 g/mol. The number of aryl methyl sites for hydroxylation is 2. The lowest BCUT2D eigenvalue weighted by Gasteiger charge is -2.06. The van der Waals surface area contributed by atoms with E-state index in [1.165, 1.54) is 5.56 Å². The zero-order valence-electron chi connectivity index (χ0n) is 15.2. The number of carbonyl (C=O) groups is 1. The summed E-state index contributed by atoms with van der Waals surface area (Å²) in [4.78, 5) is 16.6. The first kappa shape index (κ1) is 17.0. The van der Waals surface area contributed by atoms with Crippen molar-refractivity contribution in [2.45, 2.75) is 20.3 Å². The van der Waals surface area contributed by atoms with Crippen LogP contribution in [0.3, 0.4) is 0 Å². The van der Waals surface area contributed by atoms with Gasteiger partial charge < -0.3 is 5.11 Å². The van der Waals surface area contributed by atoms with E-state index < -0.39 is 5.97 Å². The van der Waals surface area contributed by atoms with Gasteiger partial charge in [-0.3, -0.25) is 5.10 Å². The Labute approximate surface area is 156 Å². The molecule has 0 saturated carbocycles. The van der Waals surface area contributed by atoms with E-state index in [1.807, 2.05) is 55.5 Å². The van der Waals surface area contributed by atoms with Crippen molar-refractivity contribution in [2.24, 2.45) is 0 Å². The highest BCUT2D eigenvalue weighted by Crippen LogP contribution is 2.31. The lowest BCUT2D eigenvalue weighted by molar-refractivity contribution is 0.0699. The number of hydrogen-bond donors (Lipinski definition) is 2. The molecule has 0 radical (unpaired) electrons. The maximum absolute atomic E-state index is 12.0. The fraction of sp³-hybridized carbons (Fsp3) is 0.136. The molecule has 5 nitrogen and oxygen atoms in total. The van der Waals surface area contributed by atoms with Crippen molar-refractivity contribution in [3.63, 3.8) is 0 Å². The molecule has 27 heavy (non-hydrogen) atoms. The standard InChI is InChI=1S/C22H19N3O2/c1-3-14-6-10-16(11-7-14)20-19-17(22(26)27)12-18(23-21(19)25-24-20)15-8-4-13(2)5-9-15/h4-12H,3H2,1-2H3,(H,26,27)(H,23,24,25). The normalized spacial score (nSPS) is 11.0. The van der Waals surface area contributed by atoms with Crippen LogP contribution < -0.4 is 0 Å². The second-order valence-electron chi connectivity index (χ2n) is 6.57. The quantitative estimate of drug-likeness (QED) is 0.547. The molecular formula is C22H19N3O2. The number of nitrogens with one attached hydrogen (secondary N) is 1. The van der Waals surface area contributed by atoms with Crippen molar-refractivity contribution in [1.29, 1.82) is 0 Å². The summed E-state index contributed by atoms with van der Waals surface area (Å²) < 4.78 is 0. The molecule has 5 heteroatoms. The molecule has 2 aromatic heterocycles.